The minimum absolute atomic E-state index is 0.298. The second kappa shape index (κ2) is 9.16. The number of nitrogens with zero attached hydrogens (tertiary/aromatic N) is 2. The van der Waals surface area contributed by atoms with Crippen LogP contribution in [0.25, 0.3) is 0 Å². The van der Waals surface area contributed by atoms with Gasteiger partial charge in [-0.1, -0.05) is 19.4 Å². The zero-order chi connectivity index (χ0) is 15.8. The molecule has 1 saturated heterocycles. The molecule has 4 nitrogen and oxygen atoms in total. The molecule has 2 unspecified atom stereocenters. The van der Waals surface area contributed by atoms with Crippen molar-refractivity contribution >= 4 is 17.3 Å². The van der Waals surface area contributed by atoms with Crippen molar-refractivity contribution in [1.82, 2.24) is 15.5 Å². The minimum atomic E-state index is 0.298. The van der Waals surface area contributed by atoms with Crippen LogP contribution in [0.3, 0.4) is 0 Å². The number of aliphatic imine (C=N–C) groups is 1. The second-order valence-electron chi connectivity index (χ2n) is 5.88. The lowest BCUT2D eigenvalue weighted by atomic mass is 10.0. The fourth-order valence-electron chi connectivity index (χ4n) is 3.01. The highest BCUT2D eigenvalue weighted by Gasteiger charge is 2.20. The maximum Gasteiger partial charge on any atom is 0.191 e. The van der Waals surface area contributed by atoms with E-state index < -0.39 is 0 Å². The average Bonchev–Trinajstić information content (AvgIpc) is 3.07. The summed E-state index contributed by atoms with van der Waals surface area (Å²) in [5.41, 5.74) is 0. The smallest absolute Gasteiger partial charge is 0.191 e. The molecule has 1 aliphatic rings. The molecular formula is C17H30N4S. The summed E-state index contributed by atoms with van der Waals surface area (Å²) in [7, 11) is 0. The summed E-state index contributed by atoms with van der Waals surface area (Å²) in [4.78, 5) is 8.76. The quantitative estimate of drug-likeness (QED) is 0.624. The molecule has 5 heteroatoms. The van der Waals surface area contributed by atoms with Crippen molar-refractivity contribution in [1.29, 1.82) is 0 Å². The van der Waals surface area contributed by atoms with Crippen molar-refractivity contribution in [2.24, 2.45) is 4.99 Å². The molecular weight excluding hydrogens is 292 g/mol. The van der Waals surface area contributed by atoms with Crippen LogP contribution in [0, 0.1) is 0 Å². The van der Waals surface area contributed by atoms with E-state index in [9.17, 15) is 0 Å². The third kappa shape index (κ3) is 4.99. The minimum Gasteiger partial charge on any atom is -0.357 e. The molecule has 0 spiro atoms. The highest BCUT2D eigenvalue weighted by molar-refractivity contribution is 7.10. The highest BCUT2D eigenvalue weighted by atomic mass is 32.1. The number of rotatable bonds is 6. The normalized spacial score (nSPS) is 21.6. The van der Waals surface area contributed by atoms with Crippen molar-refractivity contribution in [3.05, 3.63) is 22.4 Å². The maximum absolute atomic E-state index is 4.84. The zero-order valence-corrected chi connectivity index (χ0v) is 15.0. The predicted molar refractivity (Wildman–Crippen MR) is 96.7 cm³/mol. The Bertz CT molecular complexity index is 444. The molecule has 2 atom stereocenters. The Balaban J connectivity index is 1.94. The molecule has 0 aliphatic carbocycles. The van der Waals surface area contributed by atoms with E-state index in [2.05, 4.69) is 53.8 Å². The molecule has 2 rings (SSSR count). The van der Waals surface area contributed by atoms with Gasteiger partial charge in [0, 0.05) is 17.5 Å². The summed E-state index contributed by atoms with van der Waals surface area (Å²) in [5, 5.41) is 9.02. The molecule has 1 aromatic heterocycles. The summed E-state index contributed by atoms with van der Waals surface area (Å²) in [5.74, 6) is 0.935. The summed E-state index contributed by atoms with van der Waals surface area (Å²) in [6.07, 6.45) is 3.95. The molecule has 0 saturated carbocycles. The fourth-order valence-corrected chi connectivity index (χ4v) is 3.75. The number of thiophene rings is 1. The van der Waals surface area contributed by atoms with Crippen molar-refractivity contribution in [2.45, 2.75) is 52.1 Å². The van der Waals surface area contributed by atoms with E-state index in [-0.39, 0.29) is 0 Å². The lowest BCUT2D eigenvalue weighted by Gasteiger charge is -2.34. The summed E-state index contributed by atoms with van der Waals surface area (Å²) >= 11 is 1.79. The second-order valence-corrected chi connectivity index (χ2v) is 6.86. The molecule has 2 N–H and O–H groups in total. The van der Waals surface area contributed by atoms with Crippen LogP contribution in [0.1, 0.15) is 51.0 Å². The largest absolute Gasteiger partial charge is 0.357 e. The van der Waals surface area contributed by atoms with Gasteiger partial charge in [0.15, 0.2) is 5.96 Å². The first-order valence-corrected chi connectivity index (χ1v) is 9.44. The Morgan fingerprint density at radius 1 is 1.45 bits per heavy atom. The Kier molecular flexibility index (Phi) is 7.19. The molecule has 0 amide bonds. The number of nitrogens with one attached hydrogen (secondary N) is 2. The van der Waals surface area contributed by atoms with Gasteiger partial charge in [-0.15, -0.1) is 11.3 Å². The molecule has 22 heavy (non-hydrogen) atoms. The molecule has 0 aromatic carbocycles. The summed E-state index contributed by atoms with van der Waals surface area (Å²) in [6.45, 7) is 10.7. The Morgan fingerprint density at radius 3 is 3.00 bits per heavy atom. The van der Waals surface area contributed by atoms with Gasteiger partial charge in [-0.3, -0.25) is 9.89 Å². The third-order valence-corrected chi connectivity index (χ3v) is 5.34. The van der Waals surface area contributed by atoms with E-state index in [4.69, 9.17) is 4.99 Å². The molecule has 2 heterocycles. The maximum atomic E-state index is 4.84. The average molecular weight is 323 g/mol. The Labute approximate surface area is 139 Å². The van der Waals surface area contributed by atoms with E-state index in [0.29, 0.717) is 12.1 Å². The van der Waals surface area contributed by atoms with Crippen LogP contribution in [-0.2, 0) is 0 Å². The predicted octanol–water partition coefficient (Wildman–Crippen LogP) is 3.24. The van der Waals surface area contributed by atoms with Crippen LogP contribution >= 0.6 is 11.3 Å². The molecule has 1 aliphatic heterocycles. The number of likely N-dealkylation sites (N-methyl/N-ethyl adjacent to an activating group) is 1. The fraction of sp³-hybridized carbons (Fsp3) is 0.706. The molecule has 1 aromatic rings. The lowest BCUT2D eigenvalue weighted by Crippen LogP contribution is -2.43. The van der Waals surface area contributed by atoms with Gasteiger partial charge in [0.05, 0.1) is 12.6 Å². The summed E-state index contributed by atoms with van der Waals surface area (Å²) in [6, 6.07) is 5.17. The van der Waals surface area contributed by atoms with Gasteiger partial charge in [-0.25, -0.2) is 0 Å². The molecule has 0 radical (unpaired) electrons. The molecule has 1 fully saturated rings. The summed E-state index contributed by atoms with van der Waals surface area (Å²) < 4.78 is 0. The lowest BCUT2D eigenvalue weighted by molar-refractivity contribution is 0.161. The van der Waals surface area contributed by atoms with Crippen LogP contribution in [-0.4, -0.2) is 43.1 Å². The van der Waals surface area contributed by atoms with E-state index in [0.717, 1.165) is 25.6 Å². The van der Waals surface area contributed by atoms with E-state index >= 15 is 0 Å². The van der Waals surface area contributed by atoms with Gasteiger partial charge in [0.2, 0.25) is 0 Å². The van der Waals surface area contributed by atoms with Crippen LogP contribution in [0.2, 0.25) is 0 Å². The first-order valence-electron chi connectivity index (χ1n) is 8.56. The highest BCUT2D eigenvalue weighted by Crippen LogP contribution is 2.18. The van der Waals surface area contributed by atoms with Gasteiger partial charge in [0.1, 0.15) is 0 Å². The number of likely N-dealkylation sites (tertiary alicyclic amines) is 1. The number of piperidine rings is 1. The molecule has 124 valence electrons. The van der Waals surface area contributed by atoms with Crippen molar-refractivity contribution < 1.29 is 0 Å². The Hall–Kier alpha value is -1.07. The standard InChI is InChI=1S/C17H30N4S/c1-4-18-17(20-14(3)16-10-8-12-22-16)19-13-15-9-6-7-11-21(15)5-2/h8,10,12,14-15H,4-7,9,11,13H2,1-3H3,(H2,18,19,20). The van der Waals surface area contributed by atoms with Crippen LogP contribution < -0.4 is 10.6 Å². The zero-order valence-electron chi connectivity index (χ0n) is 14.1. The van der Waals surface area contributed by atoms with Crippen molar-refractivity contribution in [3.8, 4) is 0 Å². The first kappa shape index (κ1) is 17.3. The van der Waals surface area contributed by atoms with Gasteiger partial charge in [-0.05, 0) is 51.2 Å². The number of hydrogen-bond donors (Lipinski definition) is 2. The Morgan fingerprint density at radius 2 is 2.32 bits per heavy atom. The van der Waals surface area contributed by atoms with Crippen LogP contribution in [0.5, 0.6) is 0 Å². The van der Waals surface area contributed by atoms with E-state index in [1.807, 2.05) is 0 Å². The number of hydrogen-bond acceptors (Lipinski definition) is 3. The molecule has 0 bridgehead atoms. The third-order valence-electron chi connectivity index (χ3n) is 4.28. The van der Waals surface area contributed by atoms with E-state index in [1.165, 1.54) is 30.7 Å². The topological polar surface area (TPSA) is 39.7 Å². The monoisotopic (exact) mass is 322 g/mol. The van der Waals surface area contributed by atoms with Crippen molar-refractivity contribution in [2.75, 3.05) is 26.2 Å². The van der Waals surface area contributed by atoms with Crippen LogP contribution in [0.15, 0.2) is 22.5 Å². The van der Waals surface area contributed by atoms with Crippen LogP contribution in [0.4, 0.5) is 0 Å². The SMILES string of the molecule is CCNC(=NCC1CCCCN1CC)NC(C)c1cccs1. The van der Waals surface area contributed by atoms with Gasteiger partial charge in [-0.2, -0.15) is 0 Å². The first-order chi connectivity index (χ1) is 10.7. The van der Waals surface area contributed by atoms with Crippen molar-refractivity contribution in [3.63, 3.8) is 0 Å². The van der Waals surface area contributed by atoms with Gasteiger partial charge >= 0.3 is 0 Å². The van der Waals surface area contributed by atoms with Gasteiger partial charge < -0.3 is 10.6 Å². The van der Waals surface area contributed by atoms with Gasteiger partial charge in [0.25, 0.3) is 0 Å². The van der Waals surface area contributed by atoms with E-state index in [1.54, 1.807) is 11.3 Å². The number of guanidine groups is 1.